The van der Waals surface area contributed by atoms with E-state index in [-0.39, 0.29) is 34.6 Å². The number of rotatable bonds is 3. The molecular weight excluding hydrogens is 421 g/mol. The van der Waals surface area contributed by atoms with Crippen LogP contribution in [0.5, 0.6) is 0 Å². The molecule has 1 aliphatic heterocycles. The number of sulfone groups is 1. The van der Waals surface area contributed by atoms with Crippen molar-refractivity contribution >= 4 is 44.8 Å². The van der Waals surface area contributed by atoms with E-state index >= 15 is 0 Å². The molecule has 2 N–H and O–H groups in total. The van der Waals surface area contributed by atoms with Gasteiger partial charge in [0.25, 0.3) is 0 Å². The van der Waals surface area contributed by atoms with Gasteiger partial charge in [-0.2, -0.15) is 0 Å². The van der Waals surface area contributed by atoms with E-state index in [2.05, 4.69) is 5.32 Å². The van der Waals surface area contributed by atoms with Crippen LogP contribution in [0.3, 0.4) is 0 Å². The highest BCUT2D eigenvalue weighted by Crippen LogP contribution is 2.36. The molecule has 1 atom stereocenters. The van der Waals surface area contributed by atoms with Crippen LogP contribution >= 0.6 is 24.0 Å². The van der Waals surface area contributed by atoms with Crippen LogP contribution in [0.4, 0.5) is 0 Å². The van der Waals surface area contributed by atoms with Gasteiger partial charge in [-0.05, 0) is 36.8 Å². The molecule has 2 aromatic carbocycles. The second kappa shape index (κ2) is 8.43. The van der Waals surface area contributed by atoms with E-state index in [4.69, 9.17) is 16.0 Å². The summed E-state index contributed by atoms with van der Waals surface area (Å²) in [7, 11) is -3.77. The standard InChI is InChI=1S/C19H18ClNO4S.CH4.ClH/c1-11(22)12-3-2-4-13(7-12)26(23,24)14-8-15-16-10-21-6-5-18(16)25-19(15)17(20)9-14;;/h2-4,7-9,11,21-22H,5-6,10H2,1H3;1H4;1H/t11-;;/m1../s1. The first-order valence-corrected chi connectivity index (χ1v) is 10.2. The molecule has 0 fully saturated rings. The number of benzene rings is 2. The molecule has 1 aromatic heterocycles. The van der Waals surface area contributed by atoms with Crippen LogP contribution < -0.4 is 5.32 Å². The minimum Gasteiger partial charge on any atom is -0.459 e. The third-order valence-corrected chi connectivity index (χ3v) is 6.71. The van der Waals surface area contributed by atoms with Gasteiger partial charge < -0.3 is 14.8 Å². The predicted octanol–water partition coefficient (Wildman–Crippen LogP) is 4.68. The zero-order chi connectivity index (χ0) is 18.5. The van der Waals surface area contributed by atoms with Gasteiger partial charge in [-0.1, -0.05) is 31.2 Å². The Hall–Kier alpha value is -1.57. The van der Waals surface area contributed by atoms with Crippen LogP contribution in [0.2, 0.25) is 5.02 Å². The lowest BCUT2D eigenvalue weighted by molar-refractivity contribution is 0.199. The minimum absolute atomic E-state index is 0. The molecule has 28 heavy (non-hydrogen) atoms. The van der Waals surface area contributed by atoms with Gasteiger partial charge in [-0.3, -0.25) is 0 Å². The Morgan fingerprint density at radius 1 is 1.21 bits per heavy atom. The molecule has 8 heteroatoms. The van der Waals surface area contributed by atoms with Gasteiger partial charge in [-0.25, -0.2) is 8.42 Å². The first-order chi connectivity index (χ1) is 12.4. The van der Waals surface area contributed by atoms with Crippen molar-refractivity contribution in [3.05, 3.63) is 58.3 Å². The predicted molar refractivity (Wildman–Crippen MR) is 113 cm³/mol. The van der Waals surface area contributed by atoms with Gasteiger partial charge in [0.1, 0.15) is 5.76 Å². The molecular formula is C20H23Cl2NO4S. The minimum atomic E-state index is -3.77. The number of fused-ring (bicyclic) bond motifs is 3. The van der Waals surface area contributed by atoms with Crippen LogP contribution in [0.15, 0.2) is 50.6 Å². The van der Waals surface area contributed by atoms with Gasteiger partial charge in [0.05, 0.1) is 20.9 Å². The molecule has 152 valence electrons. The summed E-state index contributed by atoms with van der Waals surface area (Å²) in [6.07, 6.45) is 0.00182. The summed E-state index contributed by atoms with van der Waals surface area (Å²) in [5, 5.41) is 14.0. The number of hydrogen-bond donors (Lipinski definition) is 2. The van der Waals surface area contributed by atoms with Crippen molar-refractivity contribution in [3.63, 3.8) is 0 Å². The highest BCUT2D eigenvalue weighted by molar-refractivity contribution is 7.91. The smallest absolute Gasteiger partial charge is 0.206 e. The van der Waals surface area contributed by atoms with Crippen LogP contribution in [0.25, 0.3) is 11.0 Å². The van der Waals surface area contributed by atoms with E-state index in [1.165, 1.54) is 18.2 Å². The molecule has 3 aromatic rings. The lowest BCUT2D eigenvalue weighted by Gasteiger charge is -2.11. The summed E-state index contributed by atoms with van der Waals surface area (Å²) in [5.41, 5.74) is 2.03. The van der Waals surface area contributed by atoms with E-state index in [0.717, 1.165) is 29.7 Å². The van der Waals surface area contributed by atoms with E-state index < -0.39 is 15.9 Å². The maximum Gasteiger partial charge on any atom is 0.206 e. The highest BCUT2D eigenvalue weighted by atomic mass is 35.5. The SMILES string of the molecule is C.C[C@@H](O)c1cccc(S(=O)(=O)c2cc(Cl)c3oc4c(c3c2)CNCC4)c1.Cl. The monoisotopic (exact) mass is 443 g/mol. The molecule has 5 nitrogen and oxygen atoms in total. The van der Waals surface area contributed by atoms with Crippen molar-refractivity contribution in [3.8, 4) is 0 Å². The Kier molecular flexibility index (Phi) is 6.84. The Labute approximate surface area is 176 Å². The summed E-state index contributed by atoms with van der Waals surface area (Å²) in [6, 6.07) is 9.38. The molecule has 0 saturated heterocycles. The summed E-state index contributed by atoms with van der Waals surface area (Å²) >= 11 is 6.34. The Morgan fingerprint density at radius 3 is 2.68 bits per heavy atom. The topological polar surface area (TPSA) is 79.5 Å². The number of aliphatic hydroxyl groups excluding tert-OH is 1. The van der Waals surface area contributed by atoms with Gasteiger partial charge in [0.15, 0.2) is 5.58 Å². The molecule has 0 amide bonds. The molecule has 0 unspecified atom stereocenters. The first kappa shape index (κ1) is 22.7. The second-order valence-electron chi connectivity index (χ2n) is 6.46. The summed E-state index contributed by atoms with van der Waals surface area (Å²) in [6.45, 7) is 3.04. The van der Waals surface area contributed by atoms with Gasteiger partial charge in [0.2, 0.25) is 9.84 Å². The normalized spacial score (nSPS) is 14.7. The Morgan fingerprint density at radius 2 is 1.96 bits per heavy atom. The molecule has 0 saturated carbocycles. The van der Waals surface area contributed by atoms with Crippen molar-refractivity contribution in [1.82, 2.24) is 5.32 Å². The van der Waals surface area contributed by atoms with Crippen LogP contribution in [-0.2, 0) is 22.8 Å². The van der Waals surface area contributed by atoms with Gasteiger partial charge in [0, 0.05) is 30.5 Å². The molecule has 0 aliphatic carbocycles. The third kappa shape index (κ3) is 3.80. The Bertz CT molecular complexity index is 1110. The molecule has 0 bridgehead atoms. The number of furan rings is 1. The Balaban J connectivity index is 0.00000140. The largest absolute Gasteiger partial charge is 0.459 e. The lowest BCUT2D eigenvalue weighted by Crippen LogP contribution is -2.22. The number of aliphatic hydroxyl groups is 1. The lowest BCUT2D eigenvalue weighted by atomic mass is 10.1. The molecule has 4 rings (SSSR count). The number of hydrogen-bond acceptors (Lipinski definition) is 5. The van der Waals surface area contributed by atoms with Gasteiger partial charge in [-0.15, -0.1) is 12.4 Å². The molecule has 1 aliphatic rings. The fourth-order valence-electron chi connectivity index (χ4n) is 3.28. The average Bonchev–Trinajstić information content (AvgIpc) is 3.01. The molecule has 2 heterocycles. The van der Waals surface area contributed by atoms with Crippen LogP contribution in [0, 0.1) is 0 Å². The summed E-state index contributed by atoms with van der Waals surface area (Å²) in [4.78, 5) is 0.244. The highest BCUT2D eigenvalue weighted by Gasteiger charge is 2.25. The van der Waals surface area contributed by atoms with Gasteiger partial charge >= 0.3 is 0 Å². The van der Waals surface area contributed by atoms with Crippen molar-refractivity contribution in [2.45, 2.75) is 43.2 Å². The van der Waals surface area contributed by atoms with E-state index in [9.17, 15) is 13.5 Å². The van der Waals surface area contributed by atoms with E-state index in [1.54, 1.807) is 25.1 Å². The maximum atomic E-state index is 13.1. The molecule has 0 radical (unpaired) electrons. The van der Waals surface area contributed by atoms with Crippen LogP contribution in [-0.4, -0.2) is 20.1 Å². The van der Waals surface area contributed by atoms with E-state index in [1.807, 2.05) is 0 Å². The zero-order valence-corrected chi connectivity index (χ0v) is 16.9. The van der Waals surface area contributed by atoms with Crippen molar-refractivity contribution in [2.24, 2.45) is 0 Å². The quantitative estimate of drug-likeness (QED) is 0.614. The van der Waals surface area contributed by atoms with Crippen molar-refractivity contribution < 1.29 is 17.9 Å². The summed E-state index contributed by atoms with van der Waals surface area (Å²) in [5.74, 6) is 0.853. The van der Waals surface area contributed by atoms with Crippen molar-refractivity contribution in [1.29, 1.82) is 0 Å². The first-order valence-electron chi connectivity index (χ1n) is 8.35. The van der Waals surface area contributed by atoms with Crippen LogP contribution in [0.1, 0.15) is 37.3 Å². The van der Waals surface area contributed by atoms with Crippen molar-refractivity contribution in [2.75, 3.05) is 6.54 Å². The number of nitrogens with one attached hydrogen (secondary N) is 1. The maximum absolute atomic E-state index is 13.1. The fraction of sp³-hybridized carbons (Fsp3) is 0.300. The second-order valence-corrected chi connectivity index (χ2v) is 8.82. The summed E-state index contributed by atoms with van der Waals surface area (Å²) < 4.78 is 32.1. The zero-order valence-electron chi connectivity index (χ0n) is 14.5. The fourth-order valence-corrected chi connectivity index (χ4v) is 4.97. The number of halogens is 2. The molecule has 0 spiro atoms. The van der Waals surface area contributed by atoms with E-state index in [0.29, 0.717) is 17.7 Å². The third-order valence-electron chi connectivity index (χ3n) is 4.70. The average molecular weight is 444 g/mol.